The highest BCUT2D eigenvalue weighted by Gasteiger charge is 2.36. The SMILES string of the molecule is CCNc1ncccc1S(=O)(=O)NC1CCN(C2CC2)C1. The number of pyridine rings is 1. The molecule has 116 valence electrons. The van der Waals surface area contributed by atoms with Crippen LogP contribution in [0.1, 0.15) is 26.2 Å². The molecule has 0 spiro atoms. The minimum Gasteiger partial charge on any atom is -0.369 e. The minimum absolute atomic E-state index is 0.00489. The van der Waals surface area contributed by atoms with E-state index >= 15 is 0 Å². The van der Waals surface area contributed by atoms with Crippen molar-refractivity contribution in [1.29, 1.82) is 0 Å². The molecule has 1 aromatic rings. The molecule has 1 aliphatic heterocycles. The molecule has 2 aliphatic rings. The van der Waals surface area contributed by atoms with Crippen LogP contribution in [-0.2, 0) is 10.0 Å². The van der Waals surface area contributed by atoms with E-state index in [-0.39, 0.29) is 10.9 Å². The average molecular weight is 310 g/mol. The van der Waals surface area contributed by atoms with Crippen LogP contribution >= 0.6 is 0 Å². The molecule has 1 saturated heterocycles. The summed E-state index contributed by atoms with van der Waals surface area (Å²) < 4.78 is 28.0. The zero-order chi connectivity index (χ0) is 14.9. The number of sulfonamides is 1. The fourth-order valence-corrected chi connectivity index (χ4v) is 4.24. The summed E-state index contributed by atoms with van der Waals surface area (Å²) in [5.41, 5.74) is 0. The summed E-state index contributed by atoms with van der Waals surface area (Å²) in [5, 5.41) is 3.00. The minimum atomic E-state index is -3.53. The maximum atomic E-state index is 12.6. The van der Waals surface area contributed by atoms with E-state index in [0.717, 1.165) is 19.5 Å². The predicted octanol–water partition coefficient (Wildman–Crippen LogP) is 1.03. The van der Waals surface area contributed by atoms with E-state index in [1.807, 2.05) is 6.92 Å². The van der Waals surface area contributed by atoms with E-state index in [2.05, 4.69) is 19.9 Å². The van der Waals surface area contributed by atoms with E-state index in [4.69, 9.17) is 0 Å². The summed E-state index contributed by atoms with van der Waals surface area (Å²) >= 11 is 0. The first kappa shape index (κ1) is 14.7. The molecule has 0 bridgehead atoms. The van der Waals surface area contributed by atoms with Crippen molar-refractivity contribution >= 4 is 15.8 Å². The molecule has 1 unspecified atom stereocenters. The zero-order valence-corrected chi connectivity index (χ0v) is 13.1. The maximum absolute atomic E-state index is 12.6. The highest BCUT2D eigenvalue weighted by atomic mass is 32.2. The van der Waals surface area contributed by atoms with Crippen molar-refractivity contribution in [2.75, 3.05) is 25.0 Å². The van der Waals surface area contributed by atoms with Gasteiger partial charge < -0.3 is 5.32 Å². The van der Waals surface area contributed by atoms with Crippen molar-refractivity contribution in [2.45, 2.75) is 43.2 Å². The van der Waals surface area contributed by atoms with Gasteiger partial charge in [0.25, 0.3) is 0 Å². The van der Waals surface area contributed by atoms with Gasteiger partial charge in [-0.3, -0.25) is 4.90 Å². The molecule has 2 N–H and O–H groups in total. The van der Waals surface area contributed by atoms with Crippen LogP contribution in [0.2, 0.25) is 0 Å². The third-order valence-electron chi connectivity index (χ3n) is 4.01. The number of hydrogen-bond donors (Lipinski definition) is 2. The van der Waals surface area contributed by atoms with Crippen LogP contribution in [0.25, 0.3) is 0 Å². The Morgan fingerprint density at radius 1 is 1.38 bits per heavy atom. The molecule has 1 aromatic heterocycles. The number of aromatic nitrogens is 1. The van der Waals surface area contributed by atoms with Crippen LogP contribution < -0.4 is 10.0 Å². The Labute approximate surface area is 126 Å². The third kappa shape index (κ3) is 3.36. The predicted molar refractivity (Wildman–Crippen MR) is 81.7 cm³/mol. The smallest absolute Gasteiger partial charge is 0.244 e. The van der Waals surface area contributed by atoms with Gasteiger partial charge >= 0.3 is 0 Å². The first-order valence-corrected chi connectivity index (χ1v) is 9.03. The molecule has 0 aromatic carbocycles. The molecule has 1 atom stereocenters. The molecular weight excluding hydrogens is 288 g/mol. The quantitative estimate of drug-likeness (QED) is 0.821. The molecule has 1 aliphatic carbocycles. The first-order valence-electron chi connectivity index (χ1n) is 7.55. The van der Waals surface area contributed by atoms with Crippen molar-refractivity contribution in [3.8, 4) is 0 Å². The Hall–Kier alpha value is -1.18. The second kappa shape index (κ2) is 5.90. The van der Waals surface area contributed by atoms with Crippen molar-refractivity contribution in [2.24, 2.45) is 0 Å². The van der Waals surface area contributed by atoms with Crippen LogP contribution in [0.15, 0.2) is 23.2 Å². The monoisotopic (exact) mass is 310 g/mol. The Balaban J connectivity index is 1.72. The normalized spacial score (nSPS) is 23.4. The van der Waals surface area contributed by atoms with Gasteiger partial charge in [0.15, 0.2) is 0 Å². The van der Waals surface area contributed by atoms with Gasteiger partial charge in [-0.1, -0.05) is 0 Å². The fraction of sp³-hybridized carbons (Fsp3) is 0.643. The summed E-state index contributed by atoms with van der Waals surface area (Å²) in [6, 6.07) is 3.95. The van der Waals surface area contributed by atoms with Gasteiger partial charge in [0, 0.05) is 37.9 Å². The van der Waals surface area contributed by atoms with Crippen molar-refractivity contribution in [3.05, 3.63) is 18.3 Å². The molecule has 21 heavy (non-hydrogen) atoms. The van der Waals surface area contributed by atoms with Gasteiger partial charge in [0.2, 0.25) is 10.0 Å². The standard InChI is InChI=1S/C14H22N4O2S/c1-2-15-14-13(4-3-8-16-14)21(19,20)17-11-7-9-18(10-11)12-5-6-12/h3-4,8,11-12,17H,2,5-7,9-10H2,1H3,(H,15,16). The number of hydrogen-bond acceptors (Lipinski definition) is 5. The van der Waals surface area contributed by atoms with E-state index < -0.39 is 10.0 Å². The van der Waals surface area contributed by atoms with E-state index in [0.29, 0.717) is 18.4 Å². The molecule has 6 nitrogen and oxygen atoms in total. The largest absolute Gasteiger partial charge is 0.369 e. The van der Waals surface area contributed by atoms with E-state index in [1.54, 1.807) is 18.3 Å². The summed E-state index contributed by atoms with van der Waals surface area (Å²) in [4.78, 5) is 6.75. The molecule has 1 saturated carbocycles. The first-order chi connectivity index (χ1) is 10.1. The number of nitrogens with one attached hydrogen (secondary N) is 2. The lowest BCUT2D eigenvalue weighted by atomic mass is 10.3. The van der Waals surface area contributed by atoms with Crippen LogP contribution in [0, 0.1) is 0 Å². The second-order valence-electron chi connectivity index (χ2n) is 5.71. The van der Waals surface area contributed by atoms with Crippen LogP contribution in [0.3, 0.4) is 0 Å². The number of nitrogens with zero attached hydrogens (tertiary/aromatic N) is 2. The van der Waals surface area contributed by atoms with Crippen molar-refractivity contribution in [3.63, 3.8) is 0 Å². The van der Waals surface area contributed by atoms with E-state index in [9.17, 15) is 8.42 Å². The van der Waals surface area contributed by atoms with Gasteiger partial charge in [0.05, 0.1) is 0 Å². The molecular formula is C14H22N4O2S. The van der Waals surface area contributed by atoms with Gasteiger partial charge in [-0.25, -0.2) is 18.1 Å². The zero-order valence-electron chi connectivity index (χ0n) is 12.2. The Bertz CT molecular complexity index is 601. The average Bonchev–Trinajstić information content (AvgIpc) is 3.21. The van der Waals surface area contributed by atoms with Gasteiger partial charge in [-0.15, -0.1) is 0 Å². The molecule has 3 rings (SSSR count). The summed E-state index contributed by atoms with van der Waals surface area (Å²) in [6.45, 7) is 4.37. The van der Waals surface area contributed by atoms with Gasteiger partial charge in [-0.05, 0) is 38.3 Å². The Morgan fingerprint density at radius 2 is 2.19 bits per heavy atom. The molecule has 2 fully saturated rings. The highest BCUT2D eigenvalue weighted by molar-refractivity contribution is 7.89. The Kier molecular flexibility index (Phi) is 4.14. The third-order valence-corrected chi connectivity index (χ3v) is 5.56. The molecule has 2 heterocycles. The van der Waals surface area contributed by atoms with Crippen LogP contribution in [0.5, 0.6) is 0 Å². The number of likely N-dealkylation sites (tertiary alicyclic amines) is 1. The molecule has 7 heteroatoms. The van der Waals surface area contributed by atoms with Gasteiger partial charge in [-0.2, -0.15) is 0 Å². The lowest BCUT2D eigenvalue weighted by Gasteiger charge is -2.17. The summed E-state index contributed by atoms with van der Waals surface area (Å²) in [5.74, 6) is 0.421. The number of rotatable bonds is 6. The second-order valence-corrected chi connectivity index (χ2v) is 7.40. The Morgan fingerprint density at radius 3 is 2.90 bits per heavy atom. The van der Waals surface area contributed by atoms with Gasteiger partial charge in [0.1, 0.15) is 10.7 Å². The van der Waals surface area contributed by atoms with Crippen molar-refractivity contribution in [1.82, 2.24) is 14.6 Å². The fourth-order valence-electron chi connectivity index (χ4n) is 2.85. The topological polar surface area (TPSA) is 74.3 Å². The lowest BCUT2D eigenvalue weighted by molar-refractivity contribution is 0.322. The highest BCUT2D eigenvalue weighted by Crippen LogP contribution is 2.30. The van der Waals surface area contributed by atoms with Crippen molar-refractivity contribution < 1.29 is 8.42 Å². The molecule has 0 amide bonds. The lowest BCUT2D eigenvalue weighted by Crippen LogP contribution is -2.37. The maximum Gasteiger partial charge on any atom is 0.244 e. The summed E-state index contributed by atoms with van der Waals surface area (Å²) in [6.07, 6.45) is 4.99. The van der Waals surface area contributed by atoms with Crippen LogP contribution in [0.4, 0.5) is 5.82 Å². The van der Waals surface area contributed by atoms with Crippen LogP contribution in [-0.4, -0.2) is 50.0 Å². The summed E-state index contributed by atoms with van der Waals surface area (Å²) in [7, 11) is -3.53. The number of anilines is 1. The molecule has 0 radical (unpaired) electrons. The van der Waals surface area contributed by atoms with E-state index in [1.165, 1.54) is 12.8 Å².